The number of carbonyl (C=O) groups excluding carboxylic acids is 5. The molecular formula is C61H73Cl3F9N21O7. The largest absolute Gasteiger partial charge is 0.450 e. The second-order valence-corrected chi connectivity index (χ2v) is 24.2. The smallest absolute Gasteiger partial charge is 0.409 e. The van der Waals surface area contributed by atoms with Crippen molar-refractivity contribution in [3.8, 4) is 34.2 Å². The average molecular weight is 1490 g/mol. The lowest BCUT2D eigenvalue weighted by atomic mass is 9.76. The second-order valence-electron chi connectivity index (χ2n) is 22.9. The summed E-state index contributed by atoms with van der Waals surface area (Å²) < 4.78 is 124. The third-order valence-electron chi connectivity index (χ3n) is 15.9. The molecule has 1 saturated carbocycles. The molecule has 548 valence electrons. The summed E-state index contributed by atoms with van der Waals surface area (Å²) in [5.74, 6) is -0.847. The molecule has 2 atom stereocenters. The van der Waals surface area contributed by atoms with Gasteiger partial charge < -0.3 is 65.3 Å². The van der Waals surface area contributed by atoms with Crippen LogP contribution in [-0.2, 0) is 23.9 Å². The van der Waals surface area contributed by atoms with Crippen molar-refractivity contribution in [2.45, 2.75) is 82.1 Å². The molecule has 0 bridgehead atoms. The van der Waals surface area contributed by atoms with Crippen molar-refractivity contribution < 1.29 is 81.5 Å². The molecule has 7 N–H and O–H groups in total. The van der Waals surface area contributed by atoms with Crippen LogP contribution in [0.3, 0.4) is 0 Å². The summed E-state index contributed by atoms with van der Waals surface area (Å²) in [6.07, 6.45) is 1.81. The van der Waals surface area contributed by atoms with E-state index in [0.717, 1.165) is 6.42 Å². The van der Waals surface area contributed by atoms with Crippen molar-refractivity contribution >= 4 is 115 Å². The molecule has 0 unspecified atom stereocenters. The Morgan fingerprint density at radius 1 is 0.574 bits per heavy atom. The highest BCUT2D eigenvalue weighted by atomic mass is 35.5. The predicted octanol–water partition coefficient (Wildman–Crippen LogP) is 11.3. The van der Waals surface area contributed by atoms with E-state index in [0.29, 0.717) is 120 Å². The fraction of sp³-hybridized carbons (Fsp3) is 0.393. The number of alkyl halides is 9. The fourth-order valence-electron chi connectivity index (χ4n) is 10.9. The minimum absolute atomic E-state index is 0. The maximum Gasteiger partial charge on any atom is 0.409 e. The van der Waals surface area contributed by atoms with Gasteiger partial charge in [0.1, 0.15) is 72.2 Å². The first-order valence-electron chi connectivity index (χ1n) is 31.0. The molecular weight excluding hydrogens is 1420 g/mol. The van der Waals surface area contributed by atoms with Gasteiger partial charge in [-0.1, -0.05) is 48.1 Å². The van der Waals surface area contributed by atoms with Crippen LogP contribution in [0.25, 0.3) is 67.3 Å². The number of nitrogens with zero attached hydrogens (tertiary/aromatic N) is 14. The van der Waals surface area contributed by atoms with Crippen LogP contribution in [0.4, 0.5) is 66.7 Å². The molecule has 101 heavy (non-hydrogen) atoms. The number of carbonyl (C=O) groups is 5. The van der Waals surface area contributed by atoms with Crippen LogP contribution in [0.1, 0.15) is 54.5 Å². The van der Waals surface area contributed by atoms with Crippen molar-refractivity contribution in [3.05, 3.63) is 101 Å². The molecule has 0 spiro atoms. The quantitative estimate of drug-likeness (QED) is 0.0329. The number of ether oxygens (including phenoxy) is 2. The van der Waals surface area contributed by atoms with Gasteiger partial charge in [-0.15, -0.1) is 0 Å². The van der Waals surface area contributed by atoms with Crippen molar-refractivity contribution in [2.75, 3.05) is 87.2 Å². The first-order valence-corrected chi connectivity index (χ1v) is 32.1. The summed E-state index contributed by atoms with van der Waals surface area (Å²) in [7, 11) is 0. The highest BCUT2D eigenvalue weighted by molar-refractivity contribution is 6.32. The fourth-order valence-corrected chi connectivity index (χ4v) is 11.3. The van der Waals surface area contributed by atoms with Gasteiger partial charge in [-0.05, 0) is 62.9 Å². The zero-order valence-electron chi connectivity index (χ0n) is 53.2. The van der Waals surface area contributed by atoms with E-state index in [9.17, 15) is 63.5 Å². The summed E-state index contributed by atoms with van der Waals surface area (Å²) in [6, 6.07) is 5.98. The maximum atomic E-state index is 12.9. The van der Waals surface area contributed by atoms with Gasteiger partial charge in [0, 0.05) is 117 Å². The van der Waals surface area contributed by atoms with E-state index in [1.54, 1.807) is 65.6 Å². The number of halogens is 12. The minimum Gasteiger partial charge on any atom is -0.450 e. The van der Waals surface area contributed by atoms with Crippen LogP contribution in [0.5, 0.6) is 0 Å². The molecule has 11 heterocycles. The van der Waals surface area contributed by atoms with Crippen LogP contribution in [-0.4, -0.2) is 213 Å². The number of fused-ring (bicyclic) bond motifs is 3. The molecule has 0 radical (unpaired) electrons. The Labute approximate surface area is 590 Å². The van der Waals surface area contributed by atoms with Crippen molar-refractivity contribution in [2.24, 2.45) is 0 Å². The summed E-state index contributed by atoms with van der Waals surface area (Å²) >= 11 is 18.2. The lowest BCUT2D eigenvalue weighted by molar-refractivity contribution is -0.142. The molecule has 9 aromatic heterocycles. The van der Waals surface area contributed by atoms with Crippen molar-refractivity contribution in [3.63, 3.8) is 0 Å². The number of aromatic nitrogens is 13. The van der Waals surface area contributed by atoms with Gasteiger partial charge in [-0.3, -0.25) is 14.4 Å². The summed E-state index contributed by atoms with van der Waals surface area (Å²) in [6.45, 7) is -0.109. The Kier molecular flexibility index (Phi) is 23.0. The number of rotatable bonds is 17. The number of pyridine rings is 3. The SMILES string of the molecule is CCCCOC(=O)N1CCN(c2ccnc(-c3c[nH]c4ncc(Cl)cc34)n2)[C@H](C(=O)NCC(F)(F)F)C1.CCOC(=O)N1CCN(c2ccnc(-c3c[nH]c4ncc(Cl)cc34)n2)[C@H](C(=O)NCC(F)(F)F)C1.O=C(NCC(F)(F)F)C1(Nc2ncnc(-c3c[nH]c4ncc(Cl)cc34)n2)CCC1.[HH].[HH].[HH].[HH].[HH].[HH]. The van der Waals surface area contributed by atoms with E-state index in [4.69, 9.17) is 44.3 Å². The second kappa shape index (κ2) is 31.6. The zero-order valence-corrected chi connectivity index (χ0v) is 55.5. The number of nitrogens with one attached hydrogen (secondary N) is 7. The molecule has 0 aromatic carbocycles. The normalized spacial score (nSPS) is 16.1. The summed E-state index contributed by atoms with van der Waals surface area (Å²) in [4.78, 5) is 120. The van der Waals surface area contributed by atoms with E-state index in [2.05, 4.69) is 70.1 Å². The topological polar surface area (TPSA) is 341 Å². The Morgan fingerprint density at radius 3 is 1.41 bits per heavy atom. The standard InChI is InChI=1S/C23H25ClF3N7O3.C21H21ClF3N7O3.C17H15ClF3N7O.6H2/c1-2-3-8-37-22(36)33-6-7-34(17(12-33)21(35)31-13-23(25,26)27)18-4-5-28-20(32-18)16-11-30-19-15(16)9-14(24)10-29-19;1-2-35-20(34)31-5-6-32(15(10-31)19(33)29-11-21(23,24)25)16-3-4-26-18(30-16)14-9-28-17-13(14)7-12(22)8-27-17;18-9-4-10-11(6-23-12(10)22-5-9)13-25-8-26-15(27-13)28-16(2-1-3-16)14(29)24-7-17(19,20)21;;;;;;/h4-5,9-11,17H,2-3,6-8,12-13H2,1H3,(H,29,30)(H,31,35);3-4,7-9,15H,2,5-6,10-11H2,1H3,(H,27,28)(H,29,33);4-6,8H,1-3,7H2,(H,22,23)(H,24,29)(H,25,26,27,28);6*1H/t17-;15-;;;;;;;/m00......./s1. The highest BCUT2D eigenvalue weighted by Crippen LogP contribution is 2.37. The van der Waals surface area contributed by atoms with Crippen LogP contribution < -0.4 is 31.1 Å². The minimum atomic E-state index is -4.58. The monoisotopic (exact) mass is 1490 g/mol. The number of piperazine rings is 2. The molecule has 1 aliphatic carbocycles. The lowest BCUT2D eigenvalue weighted by Gasteiger charge is -2.40. The van der Waals surface area contributed by atoms with E-state index < -0.39 is 85.7 Å². The third-order valence-corrected chi connectivity index (χ3v) is 16.5. The molecule has 3 aliphatic rings. The van der Waals surface area contributed by atoms with Gasteiger partial charge in [0.2, 0.25) is 23.7 Å². The summed E-state index contributed by atoms with van der Waals surface area (Å²) in [5, 5.41) is 12.0. The molecule has 12 rings (SSSR count). The third kappa shape index (κ3) is 18.6. The number of anilines is 3. The van der Waals surface area contributed by atoms with Gasteiger partial charge in [0.15, 0.2) is 17.5 Å². The number of hydrogen-bond donors (Lipinski definition) is 7. The van der Waals surface area contributed by atoms with Crippen molar-refractivity contribution in [1.29, 1.82) is 0 Å². The van der Waals surface area contributed by atoms with E-state index in [1.807, 2.05) is 22.9 Å². The average Bonchev–Trinajstić information content (AvgIpc) is 1.76. The van der Waals surface area contributed by atoms with Crippen LogP contribution in [0, 0.1) is 0 Å². The zero-order chi connectivity index (χ0) is 72.4. The molecule has 5 amide bonds. The Hall–Kier alpha value is -10.2. The van der Waals surface area contributed by atoms with Gasteiger partial charge in [-0.25, -0.2) is 54.4 Å². The van der Waals surface area contributed by atoms with Gasteiger partial charge in [-0.2, -0.15) is 44.5 Å². The Morgan fingerprint density at radius 2 is 1.00 bits per heavy atom. The number of unbranched alkanes of at least 4 members (excludes halogenated alkanes) is 1. The number of amides is 5. The molecule has 2 aliphatic heterocycles. The molecule has 9 aromatic rings. The van der Waals surface area contributed by atoms with E-state index >= 15 is 0 Å². The molecule has 2 saturated heterocycles. The Bertz CT molecular complexity index is 4480. The highest BCUT2D eigenvalue weighted by Gasteiger charge is 2.46. The first-order chi connectivity index (χ1) is 48.1. The molecule has 3 fully saturated rings. The lowest BCUT2D eigenvalue weighted by Crippen LogP contribution is -2.61. The van der Waals surface area contributed by atoms with Crippen LogP contribution in [0.15, 0.2) is 86.2 Å². The number of H-pyrrole nitrogens is 3. The van der Waals surface area contributed by atoms with Crippen molar-refractivity contribution in [1.82, 2.24) is 90.5 Å². The van der Waals surface area contributed by atoms with Gasteiger partial charge >= 0.3 is 30.7 Å². The van der Waals surface area contributed by atoms with Crippen LogP contribution >= 0.6 is 34.8 Å². The number of aromatic amines is 3. The van der Waals surface area contributed by atoms with Gasteiger partial charge in [0.25, 0.3) is 0 Å². The van der Waals surface area contributed by atoms with Crippen LogP contribution in [0.2, 0.25) is 15.1 Å². The maximum absolute atomic E-state index is 12.9. The molecule has 28 nitrogen and oxygen atoms in total. The first kappa shape index (κ1) is 73.5. The summed E-state index contributed by atoms with van der Waals surface area (Å²) in [5.41, 5.74) is 2.43. The number of hydrogen-bond acceptors (Lipinski definition) is 20. The van der Waals surface area contributed by atoms with Gasteiger partial charge in [0.05, 0.1) is 41.4 Å². The Balaban J connectivity index is 0.000000332. The predicted molar refractivity (Wildman–Crippen MR) is 363 cm³/mol. The van der Waals surface area contributed by atoms with E-state index in [-0.39, 0.29) is 67.0 Å². The molecule has 40 heteroatoms. The van der Waals surface area contributed by atoms with E-state index in [1.165, 1.54) is 47.1 Å².